The average Bonchev–Trinajstić information content (AvgIpc) is 2.07. The van der Waals surface area contributed by atoms with Crippen LogP contribution >= 0.6 is 0 Å². The third kappa shape index (κ3) is 4.61. The summed E-state index contributed by atoms with van der Waals surface area (Å²) in [4.78, 5) is 2.33. The van der Waals surface area contributed by atoms with Gasteiger partial charge in [0.05, 0.1) is 0 Å². The average molecular weight is 189 g/mol. The first-order valence-electron chi connectivity index (χ1n) is 5.44. The third-order valence-electron chi connectivity index (χ3n) is 2.57. The first-order chi connectivity index (χ1) is 6.01. The standard InChI is InChI=1S/C9H18FN.C2H6/c1-8(2)11-6-4-9(3,10)5-7-11;1-2/h8H,4-7H2,1-3H3;1-2H3. The maximum atomic E-state index is 13.3. The predicted molar refractivity (Wildman–Crippen MR) is 56.8 cm³/mol. The SMILES string of the molecule is CC.CC(C)N1CCC(C)(F)CC1. The van der Waals surface area contributed by atoms with Crippen LogP contribution in [-0.2, 0) is 0 Å². The fraction of sp³-hybridized carbons (Fsp3) is 1.00. The van der Waals surface area contributed by atoms with Crippen molar-refractivity contribution in [2.45, 2.75) is 59.2 Å². The lowest BCUT2D eigenvalue weighted by atomic mass is 9.95. The molecule has 0 aromatic rings. The van der Waals surface area contributed by atoms with Crippen LogP contribution in [0.1, 0.15) is 47.5 Å². The normalized spacial score (nSPS) is 22.4. The number of nitrogens with zero attached hydrogens (tertiary/aromatic N) is 1. The second kappa shape index (κ2) is 5.58. The fourth-order valence-corrected chi connectivity index (χ4v) is 1.51. The summed E-state index contributed by atoms with van der Waals surface area (Å²) in [6, 6.07) is 0.575. The Morgan fingerprint density at radius 1 is 1.15 bits per heavy atom. The van der Waals surface area contributed by atoms with Crippen molar-refractivity contribution in [3.05, 3.63) is 0 Å². The van der Waals surface area contributed by atoms with E-state index in [0.717, 1.165) is 13.1 Å². The summed E-state index contributed by atoms with van der Waals surface area (Å²) in [5.74, 6) is 0. The van der Waals surface area contributed by atoms with Gasteiger partial charge in [-0.2, -0.15) is 0 Å². The molecule has 0 amide bonds. The molecule has 1 rings (SSSR count). The van der Waals surface area contributed by atoms with Crippen LogP contribution in [0.2, 0.25) is 0 Å². The van der Waals surface area contributed by atoms with E-state index >= 15 is 0 Å². The molecule has 0 saturated carbocycles. The maximum Gasteiger partial charge on any atom is 0.110 e. The van der Waals surface area contributed by atoms with E-state index in [1.54, 1.807) is 6.92 Å². The Morgan fingerprint density at radius 2 is 1.54 bits per heavy atom. The number of likely N-dealkylation sites (tertiary alicyclic amines) is 1. The Kier molecular flexibility index (Phi) is 5.54. The zero-order valence-electron chi connectivity index (χ0n) is 9.73. The number of hydrogen-bond donors (Lipinski definition) is 0. The summed E-state index contributed by atoms with van der Waals surface area (Å²) < 4.78 is 13.3. The smallest absolute Gasteiger partial charge is 0.110 e. The molecule has 0 radical (unpaired) electrons. The Bertz CT molecular complexity index is 122. The quantitative estimate of drug-likeness (QED) is 0.612. The van der Waals surface area contributed by atoms with E-state index in [0.29, 0.717) is 18.9 Å². The molecule has 0 aliphatic carbocycles. The maximum absolute atomic E-state index is 13.3. The van der Waals surface area contributed by atoms with Gasteiger partial charge >= 0.3 is 0 Å². The largest absolute Gasteiger partial charge is 0.301 e. The van der Waals surface area contributed by atoms with Crippen LogP contribution in [0.25, 0.3) is 0 Å². The molecule has 0 bridgehead atoms. The summed E-state index contributed by atoms with van der Waals surface area (Å²) in [7, 11) is 0. The molecule has 0 N–H and O–H groups in total. The lowest BCUT2D eigenvalue weighted by Crippen LogP contribution is -2.43. The molecule has 1 nitrogen and oxygen atoms in total. The van der Waals surface area contributed by atoms with E-state index in [1.165, 1.54) is 0 Å². The summed E-state index contributed by atoms with van der Waals surface area (Å²) in [5, 5.41) is 0. The molecular formula is C11H24FN. The highest BCUT2D eigenvalue weighted by Gasteiger charge is 2.29. The number of hydrogen-bond acceptors (Lipinski definition) is 1. The van der Waals surface area contributed by atoms with Crippen LogP contribution in [0.15, 0.2) is 0 Å². The second-order valence-corrected chi connectivity index (χ2v) is 4.04. The molecule has 0 aromatic carbocycles. The minimum atomic E-state index is -0.897. The van der Waals surface area contributed by atoms with Crippen LogP contribution in [0, 0.1) is 0 Å². The van der Waals surface area contributed by atoms with Gasteiger partial charge in [-0.3, -0.25) is 0 Å². The van der Waals surface area contributed by atoms with Crippen LogP contribution < -0.4 is 0 Å². The van der Waals surface area contributed by atoms with Gasteiger partial charge in [0.15, 0.2) is 0 Å². The van der Waals surface area contributed by atoms with E-state index in [2.05, 4.69) is 18.7 Å². The van der Waals surface area contributed by atoms with Crippen molar-refractivity contribution in [2.75, 3.05) is 13.1 Å². The van der Waals surface area contributed by atoms with Crippen LogP contribution in [0.3, 0.4) is 0 Å². The minimum Gasteiger partial charge on any atom is -0.301 e. The molecule has 13 heavy (non-hydrogen) atoms. The zero-order valence-corrected chi connectivity index (χ0v) is 9.73. The van der Waals surface area contributed by atoms with Crippen molar-refractivity contribution in [3.63, 3.8) is 0 Å². The zero-order chi connectivity index (χ0) is 10.5. The second-order valence-electron chi connectivity index (χ2n) is 4.04. The number of halogens is 1. The van der Waals surface area contributed by atoms with E-state index in [-0.39, 0.29) is 0 Å². The molecule has 1 heterocycles. The van der Waals surface area contributed by atoms with E-state index in [9.17, 15) is 4.39 Å². The van der Waals surface area contributed by atoms with Crippen molar-refractivity contribution in [1.29, 1.82) is 0 Å². The molecule has 2 heteroatoms. The van der Waals surface area contributed by atoms with Gasteiger partial charge in [0.1, 0.15) is 5.67 Å². The van der Waals surface area contributed by atoms with Gasteiger partial charge in [0.25, 0.3) is 0 Å². The van der Waals surface area contributed by atoms with E-state index in [1.807, 2.05) is 13.8 Å². The molecule has 1 aliphatic rings. The van der Waals surface area contributed by atoms with Gasteiger partial charge in [0.2, 0.25) is 0 Å². The Labute approximate surface area is 82.3 Å². The van der Waals surface area contributed by atoms with Crippen molar-refractivity contribution in [2.24, 2.45) is 0 Å². The van der Waals surface area contributed by atoms with Crippen LogP contribution in [0.4, 0.5) is 4.39 Å². The van der Waals surface area contributed by atoms with Crippen molar-refractivity contribution < 1.29 is 4.39 Å². The predicted octanol–water partition coefficient (Wildman–Crippen LogP) is 3.25. The Morgan fingerprint density at radius 3 is 1.85 bits per heavy atom. The van der Waals surface area contributed by atoms with E-state index in [4.69, 9.17) is 0 Å². The minimum absolute atomic E-state index is 0.575. The number of alkyl halides is 1. The van der Waals surface area contributed by atoms with Crippen LogP contribution in [-0.4, -0.2) is 29.7 Å². The molecular weight excluding hydrogens is 165 g/mol. The first-order valence-corrected chi connectivity index (χ1v) is 5.44. The molecule has 1 fully saturated rings. The van der Waals surface area contributed by atoms with Crippen molar-refractivity contribution in [1.82, 2.24) is 4.90 Å². The van der Waals surface area contributed by atoms with Crippen molar-refractivity contribution >= 4 is 0 Å². The first kappa shape index (κ1) is 12.9. The highest BCUT2D eigenvalue weighted by atomic mass is 19.1. The van der Waals surface area contributed by atoms with Gasteiger partial charge in [-0.1, -0.05) is 13.8 Å². The topological polar surface area (TPSA) is 3.24 Å². The molecule has 1 saturated heterocycles. The molecule has 80 valence electrons. The monoisotopic (exact) mass is 189 g/mol. The molecule has 0 atom stereocenters. The summed E-state index contributed by atoms with van der Waals surface area (Å²) in [6.45, 7) is 11.9. The summed E-state index contributed by atoms with van der Waals surface area (Å²) in [5.41, 5.74) is -0.897. The molecule has 0 spiro atoms. The Balaban J connectivity index is 0.000000671. The van der Waals surface area contributed by atoms with Gasteiger partial charge < -0.3 is 4.90 Å². The number of rotatable bonds is 1. The summed E-state index contributed by atoms with van der Waals surface area (Å²) in [6.07, 6.45) is 1.40. The van der Waals surface area contributed by atoms with Crippen LogP contribution in [0.5, 0.6) is 0 Å². The third-order valence-corrected chi connectivity index (χ3v) is 2.57. The molecule has 1 aliphatic heterocycles. The Hall–Kier alpha value is -0.110. The molecule has 0 aromatic heterocycles. The van der Waals surface area contributed by atoms with Gasteiger partial charge in [0, 0.05) is 19.1 Å². The lowest BCUT2D eigenvalue weighted by Gasteiger charge is -2.36. The lowest BCUT2D eigenvalue weighted by molar-refractivity contribution is 0.0592. The highest BCUT2D eigenvalue weighted by Crippen LogP contribution is 2.26. The fourth-order valence-electron chi connectivity index (χ4n) is 1.51. The van der Waals surface area contributed by atoms with Crippen molar-refractivity contribution in [3.8, 4) is 0 Å². The van der Waals surface area contributed by atoms with Gasteiger partial charge in [-0.25, -0.2) is 4.39 Å². The van der Waals surface area contributed by atoms with Gasteiger partial charge in [-0.15, -0.1) is 0 Å². The number of piperidine rings is 1. The van der Waals surface area contributed by atoms with E-state index < -0.39 is 5.67 Å². The van der Waals surface area contributed by atoms with Gasteiger partial charge in [-0.05, 0) is 33.6 Å². The summed E-state index contributed by atoms with van der Waals surface area (Å²) >= 11 is 0. The molecule has 0 unspecified atom stereocenters. The highest BCUT2D eigenvalue weighted by molar-refractivity contribution is 4.83.